The van der Waals surface area contributed by atoms with Crippen molar-refractivity contribution >= 4 is 16.6 Å². The third-order valence-electron chi connectivity index (χ3n) is 3.69. The lowest BCUT2D eigenvalue weighted by atomic mass is 10.1. The van der Waals surface area contributed by atoms with Crippen LogP contribution in [-0.2, 0) is 6.54 Å². The number of hydrogen-bond acceptors (Lipinski definition) is 1. The number of hydrogen-bond donors (Lipinski definition) is 2. The summed E-state index contributed by atoms with van der Waals surface area (Å²) in [4.78, 5) is 6.79. The molecule has 21 heavy (non-hydrogen) atoms. The van der Waals surface area contributed by atoms with E-state index in [1.165, 1.54) is 16.5 Å². The molecule has 0 saturated heterocycles. The van der Waals surface area contributed by atoms with Crippen molar-refractivity contribution in [2.75, 3.05) is 7.11 Å². The lowest BCUT2D eigenvalue weighted by molar-refractivity contribution is -0.475. The minimum Gasteiger partial charge on any atom is -0.497 e. The zero-order valence-electron chi connectivity index (χ0n) is 12.3. The van der Waals surface area contributed by atoms with Gasteiger partial charge in [0.05, 0.1) is 12.7 Å². The fraction of sp³-hybridized carbons (Fsp3) is 0.167. The molecule has 3 rings (SSSR count). The quantitative estimate of drug-likeness (QED) is 0.707. The Morgan fingerprint density at radius 2 is 1.95 bits per heavy atom. The molecule has 106 valence electrons. The molecule has 1 aromatic heterocycles. The maximum atomic E-state index is 5.31. The Bertz CT molecular complexity index is 772. The number of aromatic amines is 1. The third kappa shape index (κ3) is 2.82. The molecule has 0 atom stereocenters. The fourth-order valence-electron chi connectivity index (χ4n) is 2.46. The molecule has 1 heterocycles. The van der Waals surface area contributed by atoms with E-state index in [1.807, 2.05) is 24.4 Å². The lowest BCUT2D eigenvalue weighted by Gasteiger charge is -2.00. The number of fused-ring (bicyclic) bond motifs is 1. The molecule has 3 nitrogen and oxygen atoms in total. The van der Waals surface area contributed by atoms with Gasteiger partial charge in [0.1, 0.15) is 5.75 Å². The van der Waals surface area contributed by atoms with E-state index in [9.17, 15) is 0 Å². The second-order valence-corrected chi connectivity index (χ2v) is 5.08. The van der Waals surface area contributed by atoms with Crippen molar-refractivity contribution in [3.63, 3.8) is 0 Å². The number of nitrogens with one attached hydrogen (secondary N) is 2. The number of H-pyrrole nitrogens is 1. The summed E-state index contributed by atoms with van der Waals surface area (Å²) in [5.74, 6) is 0.874. The molecule has 2 aromatic carbocycles. The highest BCUT2D eigenvalue weighted by atomic mass is 16.5. The molecule has 2 N–H and O–H groups in total. The summed E-state index contributed by atoms with van der Waals surface area (Å²) in [6, 6.07) is 16.5. The number of ether oxygens (including phenoxy) is 1. The van der Waals surface area contributed by atoms with Crippen molar-refractivity contribution in [3.05, 3.63) is 65.9 Å². The van der Waals surface area contributed by atoms with E-state index in [1.54, 1.807) is 7.11 Å². The third-order valence-corrected chi connectivity index (χ3v) is 3.69. The summed E-state index contributed by atoms with van der Waals surface area (Å²) in [6.45, 7) is 2.92. The van der Waals surface area contributed by atoms with E-state index in [4.69, 9.17) is 4.74 Å². The second-order valence-electron chi connectivity index (χ2n) is 5.08. The minimum absolute atomic E-state index is 0.823. The summed E-state index contributed by atoms with van der Waals surface area (Å²) in [6.07, 6.45) is 2.04. The van der Waals surface area contributed by atoms with E-state index in [-0.39, 0.29) is 0 Å². The first kappa shape index (κ1) is 13.4. The normalized spacial score (nSPS) is 11.8. The van der Waals surface area contributed by atoms with Crippen molar-refractivity contribution in [1.29, 1.82) is 0 Å². The molecular weight excluding hydrogens is 260 g/mol. The zero-order valence-corrected chi connectivity index (χ0v) is 12.3. The highest BCUT2D eigenvalue weighted by Gasteiger charge is 2.11. The van der Waals surface area contributed by atoms with E-state index in [0.29, 0.717) is 0 Å². The Balaban J connectivity index is 1.92. The van der Waals surface area contributed by atoms with Crippen LogP contribution in [-0.4, -0.2) is 17.8 Å². The van der Waals surface area contributed by atoms with Crippen LogP contribution in [0.2, 0.25) is 0 Å². The summed E-state index contributed by atoms with van der Waals surface area (Å²) in [5.41, 5.74) is 4.72. The maximum absolute atomic E-state index is 5.31. The highest BCUT2D eigenvalue weighted by Crippen LogP contribution is 2.23. The van der Waals surface area contributed by atoms with Crippen molar-refractivity contribution < 1.29 is 9.73 Å². The Kier molecular flexibility index (Phi) is 3.73. The van der Waals surface area contributed by atoms with Crippen LogP contribution in [0.3, 0.4) is 0 Å². The van der Waals surface area contributed by atoms with Gasteiger partial charge in [-0.05, 0) is 18.2 Å². The van der Waals surface area contributed by atoms with Crippen LogP contribution in [0.4, 0.5) is 0 Å². The number of methoxy groups -OCH3 is 1. The molecule has 0 radical (unpaired) electrons. The fourth-order valence-corrected chi connectivity index (χ4v) is 2.46. The average molecular weight is 279 g/mol. The monoisotopic (exact) mass is 279 g/mol. The van der Waals surface area contributed by atoms with E-state index < -0.39 is 0 Å². The van der Waals surface area contributed by atoms with Gasteiger partial charge in [-0.2, -0.15) is 0 Å². The second kappa shape index (κ2) is 5.83. The highest BCUT2D eigenvalue weighted by molar-refractivity contribution is 6.07. The summed E-state index contributed by atoms with van der Waals surface area (Å²) in [5, 5.41) is 1.17. The van der Waals surface area contributed by atoms with Gasteiger partial charge in [0, 0.05) is 29.6 Å². The predicted octanol–water partition coefficient (Wildman–Crippen LogP) is 2.27. The van der Waals surface area contributed by atoms with Crippen LogP contribution >= 0.6 is 0 Å². The van der Waals surface area contributed by atoms with Gasteiger partial charge in [0.25, 0.3) is 0 Å². The molecule has 0 bridgehead atoms. The van der Waals surface area contributed by atoms with Gasteiger partial charge in [-0.15, -0.1) is 0 Å². The van der Waals surface area contributed by atoms with Gasteiger partial charge in [0.15, 0.2) is 12.3 Å². The van der Waals surface area contributed by atoms with Crippen LogP contribution in [0, 0.1) is 0 Å². The number of benzene rings is 2. The Hall–Kier alpha value is -2.55. The largest absolute Gasteiger partial charge is 0.497 e. The zero-order chi connectivity index (χ0) is 14.7. The molecule has 0 amide bonds. The molecule has 0 spiro atoms. The predicted molar refractivity (Wildman–Crippen MR) is 85.7 cm³/mol. The van der Waals surface area contributed by atoms with Crippen LogP contribution in [0.15, 0.2) is 54.7 Å². The maximum Gasteiger partial charge on any atom is 0.181 e. The van der Waals surface area contributed by atoms with Gasteiger partial charge in [-0.25, -0.2) is 4.99 Å². The molecule has 0 aliphatic rings. The smallest absolute Gasteiger partial charge is 0.181 e. The average Bonchev–Trinajstić information content (AvgIpc) is 2.96. The van der Waals surface area contributed by atoms with Crippen molar-refractivity contribution in [1.82, 2.24) is 4.98 Å². The molecular formula is C18H19N2O+. The standard InChI is InChI=1S/C18H18N2O/c1-13(19-11-14-6-4-3-5-7-14)17-12-20-18-9-8-15(21-2)10-16(17)18/h3-10,12,20H,11H2,1-2H3/p+1. The Morgan fingerprint density at radius 3 is 2.71 bits per heavy atom. The number of rotatable bonds is 4. The molecule has 3 aromatic rings. The first-order chi connectivity index (χ1) is 10.3. The Morgan fingerprint density at radius 1 is 1.14 bits per heavy atom. The minimum atomic E-state index is 0.823. The topological polar surface area (TPSA) is 39.0 Å². The van der Waals surface area contributed by atoms with Gasteiger partial charge in [-0.1, -0.05) is 30.3 Å². The van der Waals surface area contributed by atoms with Crippen molar-refractivity contribution in [2.45, 2.75) is 13.5 Å². The summed E-state index contributed by atoms with van der Waals surface area (Å²) >= 11 is 0. The molecule has 0 unspecified atom stereocenters. The van der Waals surface area contributed by atoms with Crippen molar-refractivity contribution in [2.24, 2.45) is 0 Å². The Labute approximate surface area is 124 Å². The molecule has 0 aliphatic carbocycles. The van der Waals surface area contributed by atoms with Crippen molar-refractivity contribution in [3.8, 4) is 5.75 Å². The van der Waals surface area contributed by atoms with E-state index in [2.05, 4.69) is 47.2 Å². The van der Waals surface area contributed by atoms with E-state index in [0.717, 1.165) is 23.5 Å². The van der Waals surface area contributed by atoms with Gasteiger partial charge in [-0.3, -0.25) is 0 Å². The van der Waals surface area contributed by atoms with E-state index >= 15 is 0 Å². The van der Waals surface area contributed by atoms with Crippen LogP contribution in [0.5, 0.6) is 5.75 Å². The number of aromatic nitrogens is 1. The van der Waals surface area contributed by atoms with Crippen LogP contribution in [0.1, 0.15) is 18.1 Å². The molecule has 0 saturated carbocycles. The SMILES string of the molecule is COc1ccc2[nH]cc(C(C)=[NH+]Cc3ccccc3)c2c1. The molecule has 3 heteroatoms. The summed E-state index contributed by atoms with van der Waals surface area (Å²) < 4.78 is 5.31. The summed E-state index contributed by atoms with van der Waals surface area (Å²) in [7, 11) is 1.69. The van der Waals surface area contributed by atoms with Gasteiger partial charge < -0.3 is 9.72 Å². The molecule has 0 fully saturated rings. The van der Waals surface area contributed by atoms with Gasteiger partial charge in [0.2, 0.25) is 0 Å². The van der Waals surface area contributed by atoms with Crippen LogP contribution in [0.25, 0.3) is 10.9 Å². The molecule has 0 aliphatic heterocycles. The first-order valence-corrected chi connectivity index (χ1v) is 7.05. The first-order valence-electron chi connectivity index (χ1n) is 7.05. The lowest BCUT2D eigenvalue weighted by Crippen LogP contribution is -2.70. The van der Waals surface area contributed by atoms with Crippen LogP contribution < -0.4 is 9.73 Å². The van der Waals surface area contributed by atoms with Gasteiger partial charge >= 0.3 is 0 Å².